The van der Waals surface area contributed by atoms with Gasteiger partial charge < -0.3 is 19.9 Å². The summed E-state index contributed by atoms with van der Waals surface area (Å²) in [6.07, 6.45) is 7.42. The van der Waals surface area contributed by atoms with Gasteiger partial charge in [-0.05, 0) is 55.5 Å². The lowest BCUT2D eigenvalue weighted by atomic mass is 9.70. The van der Waals surface area contributed by atoms with Crippen LogP contribution in [-0.2, 0) is 4.79 Å². The van der Waals surface area contributed by atoms with E-state index < -0.39 is 5.91 Å². The van der Waals surface area contributed by atoms with E-state index in [9.17, 15) is 14.4 Å². The number of rotatable bonds is 9. The first-order chi connectivity index (χ1) is 17.8. The molecule has 4 unspecified atom stereocenters. The van der Waals surface area contributed by atoms with Gasteiger partial charge in [0.2, 0.25) is 5.91 Å². The number of benzene rings is 1. The Kier molecular flexibility index (Phi) is 8.13. The van der Waals surface area contributed by atoms with Crippen molar-refractivity contribution in [3.63, 3.8) is 0 Å². The normalized spacial score (nSPS) is 22.8. The largest absolute Gasteiger partial charge is 0.461 e. The lowest BCUT2D eigenvalue weighted by molar-refractivity contribution is -0.129. The minimum absolute atomic E-state index is 0.0427. The third-order valence-corrected chi connectivity index (χ3v) is 7.29. The van der Waals surface area contributed by atoms with Crippen LogP contribution < -0.4 is 15.5 Å². The van der Waals surface area contributed by atoms with E-state index in [0.29, 0.717) is 30.8 Å². The average Bonchev–Trinajstić information content (AvgIpc) is 3.34. The molecule has 0 saturated carbocycles. The molecule has 196 valence electrons. The second kappa shape index (κ2) is 11.5. The van der Waals surface area contributed by atoms with Gasteiger partial charge in [-0.2, -0.15) is 0 Å². The van der Waals surface area contributed by atoms with Crippen LogP contribution in [0.5, 0.6) is 5.75 Å². The van der Waals surface area contributed by atoms with Crippen LogP contribution >= 0.6 is 0 Å². The number of fused-ring (bicyclic) bond motifs is 1. The molecule has 3 amide bonds. The highest BCUT2D eigenvalue weighted by molar-refractivity contribution is 6.00. The number of carbonyl (C=O) groups excluding carboxylic acids is 3. The summed E-state index contributed by atoms with van der Waals surface area (Å²) in [6.45, 7) is 4.55. The fourth-order valence-electron chi connectivity index (χ4n) is 5.20. The molecule has 2 aliphatic rings. The quantitative estimate of drug-likeness (QED) is 0.234. The molecule has 0 radical (unpaired) electrons. The number of aromatic amines is 1. The van der Waals surface area contributed by atoms with Gasteiger partial charge in [0.25, 0.3) is 11.8 Å². The third kappa shape index (κ3) is 5.61. The predicted octanol–water partition coefficient (Wildman–Crippen LogP) is 3.76. The molecule has 0 fully saturated rings. The highest BCUT2D eigenvalue weighted by atomic mass is 16.5. The van der Waals surface area contributed by atoms with E-state index in [-0.39, 0.29) is 42.0 Å². The zero-order valence-corrected chi connectivity index (χ0v) is 21.4. The molecular weight excluding hydrogens is 472 g/mol. The van der Waals surface area contributed by atoms with Crippen LogP contribution in [0, 0.1) is 11.8 Å². The highest BCUT2D eigenvalue weighted by Crippen LogP contribution is 2.46. The minimum Gasteiger partial charge on any atom is -0.461 e. The number of carbonyl (C=O) groups is 3. The molecular formula is C28H34N4O5. The summed E-state index contributed by atoms with van der Waals surface area (Å²) < 4.78 is 6.35. The number of ether oxygens (including phenoxy) is 1. The van der Waals surface area contributed by atoms with E-state index in [4.69, 9.17) is 9.94 Å². The Morgan fingerprint density at radius 3 is 2.62 bits per heavy atom. The lowest BCUT2D eigenvalue weighted by Crippen LogP contribution is -2.47. The number of allylic oxidation sites excluding steroid dienone is 4. The topological polar surface area (TPSA) is 124 Å². The van der Waals surface area contributed by atoms with Crippen molar-refractivity contribution in [2.75, 3.05) is 13.6 Å². The monoisotopic (exact) mass is 506 g/mol. The SMILES string of the molecule is CC1C=CC=C(Oc2ccccc2)C1C1c2cc(C(=O)NCCCCC(=O)NO)[nH]c2C(=O)N(C)C1C. The van der Waals surface area contributed by atoms with Gasteiger partial charge in [-0.15, -0.1) is 0 Å². The Hall–Kier alpha value is -3.85. The van der Waals surface area contributed by atoms with Gasteiger partial charge >= 0.3 is 0 Å². The maximum absolute atomic E-state index is 13.2. The van der Waals surface area contributed by atoms with Crippen LogP contribution in [0.4, 0.5) is 0 Å². The molecule has 9 nitrogen and oxygen atoms in total. The average molecular weight is 507 g/mol. The van der Waals surface area contributed by atoms with E-state index in [1.807, 2.05) is 49.4 Å². The van der Waals surface area contributed by atoms with Gasteiger partial charge in [-0.25, -0.2) is 5.48 Å². The number of likely N-dealkylation sites (N-methyl/N-ethyl adjacent to an activating group) is 1. The van der Waals surface area contributed by atoms with Crippen molar-refractivity contribution in [3.8, 4) is 5.75 Å². The molecule has 0 bridgehead atoms. The zero-order chi connectivity index (χ0) is 26.5. The molecule has 0 saturated heterocycles. The van der Waals surface area contributed by atoms with Gasteiger partial charge in [0, 0.05) is 37.9 Å². The first-order valence-electron chi connectivity index (χ1n) is 12.6. The number of hydrogen-bond acceptors (Lipinski definition) is 5. The van der Waals surface area contributed by atoms with E-state index in [1.165, 1.54) is 0 Å². The molecule has 4 N–H and O–H groups in total. The predicted molar refractivity (Wildman–Crippen MR) is 138 cm³/mol. The van der Waals surface area contributed by atoms with Gasteiger partial charge in [-0.1, -0.05) is 37.3 Å². The first kappa shape index (κ1) is 26.2. The van der Waals surface area contributed by atoms with Gasteiger partial charge in [-0.3, -0.25) is 19.6 Å². The number of hydrogen-bond donors (Lipinski definition) is 4. The summed E-state index contributed by atoms with van der Waals surface area (Å²) in [4.78, 5) is 42.0. The second-order valence-corrected chi connectivity index (χ2v) is 9.70. The maximum Gasteiger partial charge on any atom is 0.270 e. The number of hydroxylamine groups is 1. The van der Waals surface area contributed by atoms with Crippen molar-refractivity contribution in [1.82, 2.24) is 20.7 Å². The molecule has 4 atom stereocenters. The smallest absolute Gasteiger partial charge is 0.270 e. The Labute approximate surface area is 216 Å². The number of nitrogens with one attached hydrogen (secondary N) is 3. The van der Waals surface area contributed by atoms with Crippen LogP contribution in [0.15, 0.2) is 60.4 Å². The van der Waals surface area contributed by atoms with Crippen molar-refractivity contribution in [2.24, 2.45) is 11.8 Å². The number of H-pyrrole nitrogens is 1. The van der Waals surface area contributed by atoms with Crippen LogP contribution in [0.3, 0.4) is 0 Å². The summed E-state index contributed by atoms with van der Waals surface area (Å²) in [5, 5.41) is 11.4. The first-order valence-corrected chi connectivity index (χ1v) is 12.6. The number of aromatic nitrogens is 1. The molecule has 37 heavy (non-hydrogen) atoms. The highest BCUT2D eigenvalue weighted by Gasteiger charge is 2.45. The molecule has 2 heterocycles. The van der Waals surface area contributed by atoms with Crippen molar-refractivity contribution < 1.29 is 24.3 Å². The van der Waals surface area contributed by atoms with Crippen molar-refractivity contribution in [2.45, 2.75) is 45.1 Å². The third-order valence-electron chi connectivity index (χ3n) is 7.29. The molecule has 9 heteroatoms. The Morgan fingerprint density at radius 2 is 1.89 bits per heavy atom. The summed E-state index contributed by atoms with van der Waals surface area (Å²) in [6, 6.07) is 11.3. The summed E-state index contributed by atoms with van der Waals surface area (Å²) in [5.74, 6) is 0.667. The number of amides is 3. The Balaban J connectivity index is 1.57. The van der Waals surface area contributed by atoms with E-state index >= 15 is 0 Å². The number of nitrogens with zero attached hydrogens (tertiary/aromatic N) is 1. The fourth-order valence-corrected chi connectivity index (χ4v) is 5.20. The minimum atomic E-state index is -0.456. The van der Waals surface area contributed by atoms with Crippen LogP contribution in [0.2, 0.25) is 0 Å². The second-order valence-electron chi connectivity index (χ2n) is 9.70. The van der Waals surface area contributed by atoms with Crippen LogP contribution in [0.25, 0.3) is 0 Å². The standard InChI is InChI=1S/C28H34N4O5/c1-17-10-9-13-22(37-19-11-5-4-6-12-19)24(17)25-18(2)32(3)28(35)26-20(25)16-21(30-26)27(34)29-15-8-7-14-23(33)31-36/h4-6,9-13,16-18,24-25,30,36H,7-8,14-15H2,1-3H3,(H,29,34)(H,31,33). The van der Waals surface area contributed by atoms with Gasteiger partial charge in [0.15, 0.2) is 0 Å². The Morgan fingerprint density at radius 1 is 1.14 bits per heavy atom. The van der Waals surface area contributed by atoms with E-state index in [0.717, 1.165) is 17.1 Å². The van der Waals surface area contributed by atoms with Crippen LogP contribution in [0.1, 0.15) is 65.6 Å². The zero-order valence-electron chi connectivity index (χ0n) is 21.4. The molecule has 1 aliphatic heterocycles. The molecule has 1 aliphatic carbocycles. The van der Waals surface area contributed by atoms with Crippen molar-refractivity contribution >= 4 is 17.7 Å². The molecule has 0 spiro atoms. The fraction of sp³-hybridized carbons (Fsp3) is 0.393. The van der Waals surface area contributed by atoms with Gasteiger partial charge in [0.1, 0.15) is 22.9 Å². The number of para-hydroxylation sites is 1. The van der Waals surface area contributed by atoms with Gasteiger partial charge in [0.05, 0.1) is 0 Å². The number of unbranched alkanes of at least 4 members (excludes halogenated alkanes) is 1. The summed E-state index contributed by atoms with van der Waals surface area (Å²) >= 11 is 0. The molecule has 4 rings (SSSR count). The Bertz CT molecular complexity index is 1200. The summed E-state index contributed by atoms with van der Waals surface area (Å²) in [5.41, 5.74) is 3.16. The molecule has 2 aromatic rings. The van der Waals surface area contributed by atoms with Crippen LogP contribution in [-0.4, -0.2) is 52.4 Å². The molecule has 1 aromatic heterocycles. The lowest BCUT2D eigenvalue weighted by Gasteiger charge is -2.43. The van der Waals surface area contributed by atoms with Crippen molar-refractivity contribution in [3.05, 3.63) is 77.3 Å². The summed E-state index contributed by atoms with van der Waals surface area (Å²) in [7, 11) is 1.79. The van der Waals surface area contributed by atoms with Crippen molar-refractivity contribution in [1.29, 1.82) is 0 Å². The molecule has 1 aromatic carbocycles. The maximum atomic E-state index is 13.2. The van der Waals surface area contributed by atoms with E-state index in [1.54, 1.807) is 23.5 Å². The van der Waals surface area contributed by atoms with E-state index in [2.05, 4.69) is 23.3 Å².